The third kappa shape index (κ3) is 7.19. The van der Waals surface area contributed by atoms with Crippen LogP contribution >= 0.6 is 7.82 Å². The molecule has 2 heterocycles. The lowest BCUT2D eigenvalue weighted by Crippen LogP contribution is -2.43. The zero-order valence-electron chi connectivity index (χ0n) is 25.6. The summed E-state index contributed by atoms with van der Waals surface area (Å²) in [5, 5.41) is 17.4. The Bertz CT molecular complexity index is 1790. The number of piperidine rings is 2. The Labute approximate surface area is 263 Å². The van der Waals surface area contributed by atoms with E-state index in [0.717, 1.165) is 12.8 Å². The van der Waals surface area contributed by atoms with Crippen LogP contribution in [-0.4, -0.2) is 78.0 Å². The molecule has 3 N–H and O–H groups in total. The number of rotatable bonds is 7. The first-order chi connectivity index (χ1) is 21.0. The third-order valence-electron chi connectivity index (χ3n) is 8.48. The van der Waals surface area contributed by atoms with Crippen molar-refractivity contribution in [1.82, 2.24) is 8.61 Å². The van der Waals surface area contributed by atoms with E-state index in [9.17, 15) is 36.4 Å². The van der Waals surface area contributed by atoms with Crippen molar-refractivity contribution in [1.29, 1.82) is 0 Å². The van der Waals surface area contributed by atoms with E-state index in [1.807, 2.05) is 27.7 Å². The molecule has 0 spiro atoms. The molecule has 0 bridgehead atoms. The van der Waals surface area contributed by atoms with Crippen LogP contribution in [0.25, 0.3) is 0 Å². The minimum atomic E-state index is -5.10. The average molecular weight is 683 g/mol. The van der Waals surface area contributed by atoms with Crippen LogP contribution in [0.4, 0.5) is 0 Å². The molecule has 0 radical (unpaired) electrons. The molecule has 4 atom stereocenters. The van der Waals surface area contributed by atoms with Gasteiger partial charge in [0.1, 0.15) is 11.4 Å². The number of hydrogen-bond acceptors (Lipinski definition) is 9. The topological polar surface area (TPSA) is 186 Å². The molecule has 0 saturated carbocycles. The van der Waals surface area contributed by atoms with Gasteiger partial charge in [-0.1, -0.05) is 56.2 Å². The minimum absolute atomic E-state index is 0.0127. The molecular formula is C29H39N4O9PS2. The van der Waals surface area contributed by atoms with Crippen LogP contribution in [-0.2, 0) is 35.0 Å². The fraction of sp³-hybridized carbons (Fsp3) is 0.517. The summed E-state index contributed by atoms with van der Waals surface area (Å²) in [5.41, 5.74) is 1.07. The normalized spacial score (nSPS) is 26.9. The monoisotopic (exact) mass is 682 g/mol. The molecule has 45 heavy (non-hydrogen) atoms. The quantitative estimate of drug-likeness (QED) is 0.190. The lowest BCUT2D eigenvalue weighted by atomic mass is 9.82. The van der Waals surface area contributed by atoms with Crippen LogP contribution < -0.4 is 0 Å². The van der Waals surface area contributed by atoms with Crippen molar-refractivity contribution in [2.45, 2.75) is 51.2 Å². The summed E-state index contributed by atoms with van der Waals surface area (Å²) in [5.74, 6) is 0.449. The Morgan fingerprint density at radius 1 is 0.778 bits per heavy atom. The predicted octanol–water partition coefficient (Wildman–Crippen LogP) is 3.56. The number of phosphoric acid groups is 1. The summed E-state index contributed by atoms with van der Waals surface area (Å²) in [6.07, 6.45) is 1.85. The van der Waals surface area contributed by atoms with E-state index >= 15 is 0 Å². The van der Waals surface area contributed by atoms with Crippen molar-refractivity contribution in [3.63, 3.8) is 0 Å². The molecular weight excluding hydrogens is 643 g/mol. The Balaban J connectivity index is 1.57. The Morgan fingerprint density at radius 3 is 1.84 bits per heavy atom. The summed E-state index contributed by atoms with van der Waals surface area (Å²) in [7, 11) is -12.8. The van der Waals surface area contributed by atoms with Gasteiger partial charge in [0, 0.05) is 48.4 Å². The fourth-order valence-electron chi connectivity index (χ4n) is 6.85. The van der Waals surface area contributed by atoms with Gasteiger partial charge in [0.15, 0.2) is 0 Å². The van der Waals surface area contributed by atoms with Crippen molar-refractivity contribution in [3.8, 4) is 0 Å². The number of nitrogens with zero attached hydrogens (tertiary/aromatic N) is 4. The van der Waals surface area contributed by atoms with Gasteiger partial charge in [-0.2, -0.15) is 4.31 Å². The summed E-state index contributed by atoms with van der Waals surface area (Å²) >= 11 is 0. The van der Waals surface area contributed by atoms with Crippen LogP contribution in [0.1, 0.15) is 68.4 Å². The fourth-order valence-corrected chi connectivity index (χ4v) is 10.5. The van der Waals surface area contributed by atoms with Crippen LogP contribution in [0.5, 0.6) is 0 Å². The van der Waals surface area contributed by atoms with Gasteiger partial charge in [-0.15, -0.1) is 0 Å². The molecule has 4 unspecified atom stereocenters. The summed E-state index contributed by atoms with van der Waals surface area (Å²) in [6.45, 7) is 9.55. The van der Waals surface area contributed by atoms with E-state index in [4.69, 9.17) is 0 Å². The lowest BCUT2D eigenvalue weighted by molar-refractivity contribution is 0.205. The molecule has 2 saturated heterocycles. The maximum atomic E-state index is 13.7. The second-order valence-corrected chi connectivity index (χ2v) is 17.9. The van der Waals surface area contributed by atoms with Crippen LogP contribution in [0.3, 0.4) is 0 Å². The molecule has 2 aromatic rings. The second-order valence-electron chi connectivity index (χ2n) is 12.8. The largest absolute Gasteiger partial charge is 0.545 e. The molecule has 3 aliphatic rings. The summed E-state index contributed by atoms with van der Waals surface area (Å²) in [4.78, 5) is 18.8. The Kier molecular flexibility index (Phi) is 9.37. The van der Waals surface area contributed by atoms with E-state index < -0.39 is 27.9 Å². The van der Waals surface area contributed by atoms with Gasteiger partial charge >= 0.3 is 7.82 Å². The zero-order chi connectivity index (χ0) is 32.9. The number of oxime groups is 2. The standard InChI is InChI=1S/C29H39N4O9PS2/c1-18-9-19(2)14-32(13-18)44(38,39)17-22-5-7-25-26(11-22)28(30-34)24-8-6-23(12-27(24)29(25)31-42-43(35,36)37)45(40,41)33-15-20(3)10-21(4)16-33/h5-8,11-12,18-21,34H,9-10,13-17H2,1-4H3,(H2,35,36,37)/b30-28+,31-29+. The first-order valence-electron chi connectivity index (χ1n) is 14.8. The van der Waals surface area contributed by atoms with Crippen LogP contribution in [0.15, 0.2) is 51.6 Å². The molecule has 2 aromatic carbocycles. The Hall–Kier alpha value is -2.65. The molecule has 13 nitrogen and oxygen atoms in total. The van der Waals surface area contributed by atoms with Crippen molar-refractivity contribution >= 4 is 39.3 Å². The molecule has 5 rings (SSSR count). The molecule has 0 amide bonds. The zero-order valence-corrected chi connectivity index (χ0v) is 28.1. The predicted molar refractivity (Wildman–Crippen MR) is 168 cm³/mol. The SMILES string of the molecule is CC1CC(C)CN(S(=O)(=O)Cc2ccc3c(c2)/C(=N/O)c2ccc(S(=O)(=O)N4CC(C)CC(C)C4)cc2/C3=N/OP(=O)(O)O)C1. The average Bonchev–Trinajstić information content (AvgIpc) is 2.93. The van der Waals surface area contributed by atoms with Gasteiger partial charge in [-0.05, 0) is 60.3 Å². The van der Waals surface area contributed by atoms with E-state index in [1.165, 1.54) is 45.0 Å². The highest BCUT2D eigenvalue weighted by Crippen LogP contribution is 2.39. The third-order valence-corrected chi connectivity index (χ3v) is 12.4. The van der Waals surface area contributed by atoms with Gasteiger partial charge in [-0.25, -0.2) is 25.7 Å². The molecule has 1 aliphatic carbocycles. The number of hydrogen-bond donors (Lipinski definition) is 3. The van der Waals surface area contributed by atoms with Crippen LogP contribution in [0.2, 0.25) is 0 Å². The van der Waals surface area contributed by atoms with Gasteiger partial charge in [-0.3, -0.25) is 14.4 Å². The Morgan fingerprint density at radius 2 is 1.29 bits per heavy atom. The highest BCUT2D eigenvalue weighted by atomic mass is 32.2. The molecule has 246 valence electrons. The van der Waals surface area contributed by atoms with E-state index in [0.29, 0.717) is 31.7 Å². The van der Waals surface area contributed by atoms with Gasteiger partial charge in [0.2, 0.25) is 20.0 Å². The number of benzene rings is 2. The van der Waals surface area contributed by atoms with Crippen molar-refractivity contribution < 1.29 is 41.0 Å². The second kappa shape index (κ2) is 12.5. The van der Waals surface area contributed by atoms with Crippen molar-refractivity contribution in [3.05, 3.63) is 64.2 Å². The number of sulfonamides is 2. The van der Waals surface area contributed by atoms with Gasteiger partial charge in [0.25, 0.3) is 0 Å². The summed E-state index contributed by atoms with van der Waals surface area (Å²) < 4.78 is 73.3. The molecule has 2 aliphatic heterocycles. The van der Waals surface area contributed by atoms with Gasteiger partial charge in [0.05, 0.1) is 10.6 Å². The van der Waals surface area contributed by atoms with E-state index in [2.05, 4.69) is 14.9 Å². The number of fused-ring (bicyclic) bond motifs is 2. The van der Waals surface area contributed by atoms with E-state index in [-0.39, 0.29) is 68.0 Å². The minimum Gasteiger partial charge on any atom is -0.410 e. The first kappa shape index (κ1) is 33.7. The van der Waals surface area contributed by atoms with Crippen molar-refractivity contribution in [2.75, 3.05) is 26.2 Å². The molecule has 2 fully saturated rings. The summed E-state index contributed by atoms with van der Waals surface area (Å²) in [6, 6.07) is 8.69. The molecule has 16 heteroatoms. The van der Waals surface area contributed by atoms with E-state index in [1.54, 1.807) is 0 Å². The highest BCUT2D eigenvalue weighted by Gasteiger charge is 2.36. The maximum Gasteiger partial charge on any atom is 0.545 e. The first-order valence-corrected chi connectivity index (χ1v) is 19.4. The smallest absolute Gasteiger partial charge is 0.410 e. The van der Waals surface area contributed by atoms with Gasteiger partial charge < -0.3 is 5.21 Å². The van der Waals surface area contributed by atoms with Crippen LogP contribution in [0, 0.1) is 23.7 Å². The van der Waals surface area contributed by atoms with Crippen molar-refractivity contribution in [2.24, 2.45) is 34.0 Å². The lowest BCUT2D eigenvalue weighted by Gasteiger charge is -2.34. The highest BCUT2D eigenvalue weighted by molar-refractivity contribution is 7.89. The maximum absolute atomic E-state index is 13.7. The molecule has 0 aromatic heterocycles.